The van der Waals surface area contributed by atoms with Crippen LogP contribution in [-0.2, 0) is 11.8 Å². The molecule has 0 amide bonds. The van der Waals surface area contributed by atoms with E-state index in [0.717, 1.165) is 18.5 Å². The molecule has 0 unspecified atom stereocenters. The molecule has 2 N–H and O–H groups in total. The Bertz CT molecular complexity index is 313. The highest BCUT2D eigenvalue weighted by molar-refractivity contribution is 5.47. The zero-order valence-corrected chi connectivity index (χ0v) is 9.72. The third-order valence-corrected chi connectivity index (χ3v) is 3.13. The summed E-state index contributed by atoms with van der Waals surface area (Å²) < 4.78 is 0. The summed E-state index contributed by atoms with van der Waals surface area (Å²) >= 11 is 0. The van der Waals surface area contributed by atoms with Crippen LogP contribution in [0.2, 0.25) is 0 Å². The van der Waals surface area contributed by atoms with E-state index in [1.165, 1.54) is 11.1 Å². The Balaban J connectivity index is 3.23. The van der Waals surface area contributed by atoms with E-state index in [4.69, 9.17) is 5.73 Å². The largest absolute Gasteiger partial charge is 0.399 e. The molecule has 1 heteroatoms. The van der Waals surface area contributed by atoms with Crippen molar-refractivity contribution in [3.8, 4) is 0 Å². The van der Waals surface area contributed by atoms with E-state index < -0.39 is 0 Å². The molecule has 0 aliphatic heterocycles. The Morgan fingerprint density at radius 2 is 1.86 bits per heavy atom. The van der Waals surface area contributed by atoms with Crippen LogP contribution in [0.1, 0.15) is 45.2 Å². The first-order chi connectivity index (χ1) is 6.51. The van der Waals surface area contributed by atoms with Crippen molar-refractivity contribution in [2.45, 2.75) is 46.0 Å². The van der Waals surface area contributed by atoms with Crippen molar-refractivity contribution in [1.29, 1.82) is 0 Å². The fourth-order valence-corrected chi connectivity index (χ4v) is 1.72. The first kappa shape index (κ1) is 11.1. The third-order valence-electron chi connectivity index (χ3n) is 3.13. The molecule has 0 saturated carbocycles. The highest BCUT2D eigenvalue weighted by atomic mass is 14.5. The molecule has 1 aromatic rings. The van der Waals surface area contributed by atoms with Crippen molar-refractivity contribution in [2.75, 3.05) is 5.73 Å². The van der Waals surface area contributed by atoms with Crippen LogP contribution in [-0.4, -0.2) is 0 Å². The molecule has 1 aromatic carbocycles. The maximum absolute atomic E-state index is 5.83. The lowest BCUT2D eigenvalue weighted by molar-refractivity contribution is 0.502. The van der Waals surface area contributed by atoms with Gasteiger partial charge >= 0.3 is 0 Å². The number of aryl methyl sites for hydroxylation is 1. The van der Waals surface area contributed by atoms with Crippen molar-refractivity contribution < 1.29 is 0 Å². The van der Waals surface area contributed by atoms with Crippen LogP contribution in [0.25, 0.3) is 0 Å². The quantitative estimate of drug-likeness (QED) is 0.727. The molecule has 0 saturated heterocycles. The van der Waals surface area contributed by atoms with Gasteiger partial charge in [0.2, 0.25) is 0 Å². The standard InChI is InChI=1S/C13H21N/c1-5-10-7-8-11(14)9-12(10)13(3,4)6-2/h7-9H,5-6,14H2,1-4H3. The van der Waals surface area contributed by atoms with Gasteiger partial charge in [-0.25, -0.2) is 0 Å². The van der Waals surface area contributed by atoms with Crippen LogP contribution < -0.4 is 5.73 Å². The summed E-state index contributed by atoms with van der Waals surface area (Å²) in [4.78, 5) is 0. The third kappa shape index (κ3) is 2.09. The monoisotopic (exact) mass is 191 g/mol. The average Bonchev–Trinajstić information content (AvgIpc) is 2.18. The molecular formula is C13H21N. The minimum absolute atomic E-state index is 0.237. The zero-order chi connectivity index (χ0) is 10.8. The van der Waals surface area contributed by atoms with Crippen molar-refractivity contribution in [1.82, 2.24) is 0 Å². The molecular weight excluding hydrogens is 170 g/mol. The Morgan fingerprint density at radius 1 is 1.21 bits per heavy atom. The number of nitrogens with two attached hydrogens (primary N) is 1. The number of hydrogen-bond donors (Lipinski definition) is 1. The van der Waals surface area contributed by atoms with Crippen LogP contribution >= 0.6 is 0 Å². The Hall–Kier alpha value is -0.980. The van der Waals surface area contributed by atoms with Gasteiger partial charge in [0.25, 0.3) is 0 Å². The molecule has 0 aromatic heterocycles. The maximum Gasteiger partial charge on any atom is 0.0317 e. The Kier molecular flexibility index (Phi) is 3.20. The second-order valence-electron chi connectivity index (χ2n) is 4.51. The van der Waals surface area contributed by atoms with Gasteiger partial charge in [-0.3, -0.25) is 0 Å². The van der Waals surface area contributed by atoms with Crippen molar-refractivity contribution in [3.05, 3.63) is 29.3 Å². The molecule has 0 heterocycles. The summed E-state index contributed by atoms with van der Waals surface area (Å²) in [6.07, 6.45) is 2.22. The van der Waals surface area contributed by atoms with Crippen molar-refractivity contribution in [3.63, 3.8) is 0 Å². The fourth-order valence-electron chi connectivity index (χ4n) is 1.72. The highest BCUT2D eigenvalue weighted by Crippen LogP contribution is 2.31. The van der Waals surface area contributed by atoms with Gasteiger partial charge in [-0.05, 0) is 41.5 Å². The number of hydrogen-bond acceptors (Lipinski definition) is 1. The van der Waals surface area contributed by atoms with Gasteiger partial charge in [0.1, 0.15) is 0 Å². The van der Waals surface area contributed by atoms with E-state index in [1.807, 2.05) is 6.07 Å². The molecule has 1 rings (SSSR count). The number of benzene rings is 1. The van der Waals surface area contributed by atoms with Gasteiger partial charge in [-0.2, -0.15) is 0 Å². The Morgan fingerprint density at radius 3 is 2.36 bits per heavy atom. The first-order valence-electron chi connectivity index (χ1n) is 5.40. The van der Waals surface area contributed by atoms with E-state index in [-0.39, 0.29) is 5.41 Å². The molecule has 0 spiro atoms. The summed E-state index contributed by atoms with van der Waals surface area (Å²) in [6.45, 7) is 8.98. The molecule has 14 heavy (non-hydrogen) atoms. The second kappa shape index (κ2) is 4.04. The summed E-state index contributed by atoms with van der Waals surface area (Å²) in [6, 6.07) is 6.28. The molecule has 78 valence electrons. The minimum atomic E-state index is 0.237. The van der Waals surface area contributed by atoms with Crippen LogP contribution in [0.3, 0.4) is 0 Å². The fraction of sp³-hybridized carbons (Fsp3) is 0.538. The van der Waals surface area contributed by atoms with E-state index in [0.29, 0.717) is 0 Å². The highest BCUT2D eigenvalue weighted by Gasteiger charge is 2.20. The number of rotatable bonds is 3. The normalized spacial score (nSPS) is 11.7. The van der Waals surface area contributed by atoms with E-state index in [9.17, 15) is 0 Å². The van der Waals surface area contributed by atoms with Gasteiger partial charge in [0.05, 0.1) is 0 Å². The lowest BCUT2D eigenvalue weighted by Gasteiger charge is -2.26. The number of nitrogen functional groups attached to an aromatic ring is 1. The van der Waals surface area contributed by atoms with Crippen LogP contribution in [0, 0.1) is 0 Å². The molecule has 0 aliphatic carbocycles. The molecule has 0 fully saturated rings. The lowest BCUT2D eigenvalue weighted by atomic mass is 9.79. The van der Waals surface area contributed by atoms with E-state index in [1.54, 1.807) is 0 Å². The predicted octanol–water partition coefficient (Wildman–Crippen LogP) is 3.52. The summed E-state index contributed by atoms with van der Waals surface area (Å²) in [5, 5.41) is 0. The van der Waals surface area contributed by atoms with E-state index in [2.05, 4.69) is 39.8 Å². The van der Waals surface area contributed by atoms with Crippen LogP contribution in [0.4, 0.5) is 5.69 Å². The molecule has 0 aliphatic rings. The topological polar surface area (TPSA) is 26.0 Å². The Labute approximate surface area is 87.3 Å². The average molecular weight is 191 g/mol. The molecule has 0 atom stereocenters. The zero-order valence-electron chi connectivity index (χ0n) is 9.72. The predicted molar refractivity (Wildman–Crippen MR) is 63.5 cm³/mol. The molecule has 0 radical (unpaired) electrons. The lowest BCUT2D eigenvalue weighted by Crippen LogP contribution is -2.18. The summed E-state index contributed by atoms with van der Waals surface area (Å²) in [5.74, 6) is 0. The van der Waals surface area contributed by atoms with Crippen LogP contribution in [0.5, 0.6) is 0 Å². The van der Waals surface area contributed by atoms with E-state index >= 15 is 0 Å². The minimum Gasteiger partial charge on any atom is -0.399 e. The molecule has 1 nitrogen and oxygen atoms in total. The van der Waals surface area contributed by atoms with Crippen molar-refractivity contribution in [2.24, 2.45) is 0 Å². The van der Waals surface area contributed by atoms with Crippen LogP contribution in [0.15, 0.2) is 18.2 Å². The van der Waals surface area contributed by atoms with Gasteiger partial charge in [-0.1, -0.05) is 33.8 Å². The van der Waals surface area contributed by atoms with Gasteiger partial charge in [0.15, 0.2) is 0 Å². The maximum atomic E-state index is 5.83. The van der Waals surface area contributed by atoms with Crippen molar-refractivity contribution >= 4 is 5.69 Å². The SMILES string of the molecule is CCc1ccc(N)cc1C(C)(C)CC. The molecule has 0 bridgehead atoms. The summed E-state index contributed by atoms with van der Waals surface area (Å²) in [7, 11) is 0. The summed E-state index contributed by atoms with van der Waals surface area (Å²) in [5.41, 5.74) is 9.77. The van der Waals surface area contributed by atoms with Gasteiger partial charge in [-0.15, -0.1) is 0 Å². The second-order valence-corrected chi connectivity index (χ2v) is 4.51. The van der Waals surface area contributed by atoms with Gasteiger partial charge < -0.3 is 5.73 Å². The number of anilines is 1. The van der Waals surface area contributed by atoms with Gasteiger partial charge in [0, 0.05) is 5.69 Å². The smallest absolute Gasteiger partial charge is 0.0317 e. The first-order valence-corrected chi connectivity index (χ1v) is 5.40.